The number of unbranched alkanes of at least 4 members (excludes halogenated alkanes) is 1. The molecule has 0 unspecified atom stereocenters. The molecule has 0 bridgehead atoms. The van der Waals surface area contributed by atoms with Crippen LogP contribution in [0.3, 0.4) is 0 Å². The van der Waals surface area contributed by atoms with Gasteiger partial charge in [-0.2, -0.15) is 0 Å². The molecule has 1 saturated carbocycles. The number of rotatable bonds is 5. The third kappa shape index (κ3) is 3.89. The molecule has 0 amide bonds. The van der Waals surface area contributed by atoms with Crippen molar-refractivity contribution >= 4 is 0 Å². The Morgan fingerprint density at radius 2 is 2.23 bits per heavy atom. The van der Waals surface area contributed by atoms with Crippen molar-refractivity contribution in [2.75, 3.05) is 0 Å². The maximum Gasteiger partial charge on any atom is 1.00 e. The van der Waals surface area contributed by atoms with Gasteiger partial charge in [0.05, 0.1) is 0 Å². The Kier molecular flexibility index (Phi) is 6.04. The Bertz CT molecular complexity index is 167. The van der Waals surface area contributed by atoms with Gasteiger partial charge in [0, 0.05) is 0 Å². The Morgan fingerprint density at radius 3 is 2.62 bits per heavy atom. The van der Waals surface area contributed by atoms with E-state index >= 15 is 0 Å². The first-order valence-corrected chi connectivity index (χ1v) is 4.98. The second kappa shape index (κ2) is 5.91. The van der Waals surface area contributed by atoms with Crippen LogP contribution >= 0.6 is 0 Å². The predicted octanol–water partition coefficient (Wildman–Crippen LogP) is -0.878. The van der Waals surface area contributed by atoms with Crippen LogP contribution in [0, 0.1) is 11.8 Å². The number of allylic oxidation sites excluding steroid dienone is 1. The van der Waals surface area contributed by atoms with Crippen LogP contribution in [-0.4, -0.2) is 6.10 Å². The molecular weight excluding hydrogens is 155 g/mol. The fourth-order valence-corrected chi connectivity index (χ4v) is 1.81. The monoisotopic (exact) mass is 174 g/mol. The van der Waals surface area contributed by atoms with Gasteiger partial charge in [0.2, 0.25) is 0 Å². The van der Waals surface area contributed by atoms with Gasteiger partial charge in [-0.3, -0.25) is 0 Å². The van der Waals surface area contributed by atoms with Gasteiger partial charge in [0.25, 0.3) is 0 Å². The largest absolute Gasteiger partial charge is 1.00 e. The van der Waals surface area contributed by atoms with Gasteiger partial charge in [0.1, 0.15) is 0 Å². The SMILES string of the molecule is C=C(C)[C@H]1C[C@H]1[C@H]([O-])CCCC.[Li+]. The zero-order chi connectivity index (χ0) is 9.14. The molecule has 1 aliphatic rings. The topological polar surface area (TPSA) is 23.1 Å². The summed E-state index contributed by atoms with van der Waals surface area (Å²) in [6.45, 7) is 8.06. The summed E-state index contributed by atoms with van der Waals surface area (Å²) in [6, 6.07) is 0. The van der Waals surface area contributed by atoms with E-state index in [-0.39, 0.29) is 25.0 Å². The average Bonchev–Trinajstić information content (AvgIpc) is 2.78. The van der Waals surface area contributed by atoms with Gasteiger partial charge < -0.3 is 5.11 Å². The van der Waals surface area contributed by atoms with Gasteiger partial charge in [-0.25, -0.2) is 0 Å². The van der Waals surface area contributed by atoms with Crippen molar-refractivity contribution in [2.45, 2.75) is 45.6 Å². The van der Waals surface area contributed by atoms with Crippen LogP contribution in [0.2, 0.25) is 0 Å². The Morgan fingerprint density at radius 1 is 1.62 bits per heavy atom. The molecule has 0 aromatic carbocycles. The van der Waals surface area contributed by atoms with Crippen molar-refractivity contribution in [2.24, 2.45) is 11.8 Å². The summed E-state index contributed by atoms with van der Waals surface area (Å²) in [7, 11) is 0. The first-order valence-electron chi connectivity index (χ1n) is 4.98. The van der Waals surface area contributed by atoms with Crippen LogP contribution in [0.5, 0.6) is 0 Å². The van der Waals surface area contributed by atoms with Crippen LogP contribution in [-0.2, 0) is 0 Å². The van der Waals surface area contributed by atoms with Gasteiger partial charge in [-0.05, 0) is 25.2 Å². The minimum Gasteiger partial charge on any atom is -0.852 e. The van der Waals surface area contributed by atoms with E-state index in [1.54, 1.807) is 0 Å². The second-order valence-corrected chi connectivity index (χ2v) is 4.03. The van der Waals surface area contributed by atoms with Crippen LogP contribution in [0.25, 0.3) is 0 Å². The van der Waals surface area contributed by atoms with E-state index < -0.39 is 0 Å². The second-order valence-electron chi connectivity index (χ2n) is 4.03. The molecule has 1 nitrogen and oxygen atoms in total. The molecule has 1 fully saturated rings. The first-order chi connectivity index (χ1) is 5.66. The molecule has 3 atom stereocenters. The van der Waals surface area contributed by atoms with Crippen molar-refractivity contribution in [3.63, 3.8) is 0 Å². The quantitative estimate of drug-likeness (QED) is 0.392. The molecule has 0 radical (unpaired) electrons. The molecule has 0 aromatic rings. The zero-order valence-corrected chi connectivity index (χ0v) is 9.18. The number of hydrogen-bond donors (Lipinski definition) is 0. The molecule has 0 spiro atoms. The van der Waals surface area contributed by atoms with Crippen LogP contribution in [0.1, 0.15) is 39.5 Å². The molecule has 0 heterocycles. The van der Waals surface area contributed by atoms with E-state index in [1.807, 2.05) is 6.92 Å². The Balaban J connectivity index is 0.00000144. The van der Waals surface area contributed by atoms with Crippen LogP contribution in [0.15, 0.2) is 12.2 Å². The summed E-state index contributed by atoms with van der Waals surface area (Å²) < 4.78 is 0. The maximum absolute atomic E-state index is 11.5. The van der Waals surface area contributed by atoms with Crippen molar-refractivity contribution < 1.29 is 24.0 Å². The summed E-state index contributed by atoms with van der Waals surface area (Å²) >= 11 is 0. The van der Waals surface area contributed by atoms with Gasteiger partial charge >= 0.3 is 18.9 Å². The van der Waals surface area contributed by atoms with E-state index in [4.69, 9.17) is 0 Å². The minimum absolute atomic E-state index is 0. The summed E-state index contributed by atoms with van der Waals surface area (Å²) in [6.07, 6.45) is 3.89. The molecule has 0 aliphatic heterocycles. The molecule has 1 rings (SSSR count). The first kappa shape index (κ1) is 13.3. The smallest absolute Gasteiger partial charge is 0.852 e. The van der Waals surface area contributed by atoms with Crippen molar-refractivity contribution in [3.8, 4) is 0 Å². The van der Waals surface area contributed by atoms with Crippen LogP contribution < -0.4 is 24.0 Å². The summed E-state index contributed by atoms with van der Waals surface area (Å²) in [5.41, 5.74) is 1.21. The van der Waals surface area contributed by atoms with E-state index in [0.717, 1.165) is 25.7 Å². The summed E-state index contributed by atoms with van der Waals surface area (Å²) in [5.74, 6) is 0.985. The minimum atomic E-state index is -0.313. The summed E-state index contributed by atoms with van der Waals surface area (Å²) in [4.78, 5) is 0. The molecule has 2 heteroatoms. The summed E-state index contributed by atoms with van der Waals surface area (Å²) in [5, 5.41) is 11.5. The van der Waals surface area contributed by atoms with Crippen LogP contribution in [0.4, 0.5) is 0 Å². The maximum atomic E-state index is 11.5. The van der Waals surface area contributed by atoms with E-state index in [1.165, 1.54) is 5.57 Å². The molecule has 1 aliphatic carbocycles. The third-order valence-electron chi connectivity index (χ3n) is 2.79. The third-order valence-corrected chi connectivity index (χ3v) is 2.79. The molecular formula is C11H19LiO. The Labute approximate surface area is 93.8 Å². The van der Waals surface area contributed by atoms with E-state index in [0.29, 0.717) is 11.8 Å². The predicted molar refractivity (Wildman–Crippen MR) is 49.7 cm³/mol. The fraction of sp³-hybridized carbons (Fsp3) is 0.818. The normalized spacial score (nSPS) is 27.6. The fourth-order valence-electron chi connectivity index (χ4n) is 1.81. The standard InChI is InChI=1S/C11H19O.Li/c1-4-5-6-11(12)10-7-9(10)8(2)3;/h9-11H,2,4-7H2,1,3H3;/q-1;+1/t9-,10-,11-;/m1./s1. The van der Waals surface area contributed by atoms with Gasteiger partial charge in [-0.15, -0.1) is 6.10 Å². The van der Waals surface area contributed by atoms with Crippen molar-refractivity contribution in [1.82, 2.24) is 0 Å². The van der Waals surface area contributed by atoms with E-state index in [9.17, 15) is 5.11 Å². The van der Waals surface area contributed by atoms with Crippen molar-refractivity contribution in [1.29, 1.82) is 0 Å². The van der Waals surface area contributed by atoms with Gasteiger partial charge in [0.15, 0.2) is 0 Å². The molecule has 70 valence electrons. The van der Waals surface area contributed by atoms with E-state index in [2.05, 4.69) is 13.5 Å². The molecule has 0 aromatic heterocycles. The number of hydrogen-bond acceptors (Lipinski definition) is 1. The molecule has 13 heavy (non-hydrogen) atoms. The molecule has 0 saturated heterocycles. The van der Waals surface area contributed by atoms with Crippen molar-refractivity contribution in [3.05, 3.63) is 12.2 Å². The Hall–Kier alpha value is 0.297. The molecule has 0 N–H and O–H groups in total. The zero-order valence-electron chi connectivity index (χ0n) is 9.18. The van der Waals surface area contributed by atoms with Gasteiger partial charge in [-0.1, -0.05) is 38.3 Å². The average molecular weight is 174 g/mol.